The van der Waals surface area contributed by atoms with Crippen molar-refractivity contribution < 1.29 is 9.53 Å². The predicted octanol–water partition coefficient (Wildman–Crippen LogP) is 1.35. The lowest BCUT2D eigenvalue weighted by molar-refractivity contribution is -0.119. The molecule has 2 aliphatic heterocycles. The summed E-state index contributed by atoms with van der Waals surface area (Å²) in [6, 6.07) is 0. The highest BCUT2D eigenvalue weighted by molar-refractivity contribution is 8.00. The van der Waals surface area contributed by atoms with Crippen molar-refractivity contribution in [2.75, 3.05) is 24.7 Å². The summed E-state index contributed by atoms with van der Waals surface area (Å²) >= 11 is 1.78. The third-order valence-corrected chi connectivity index (χ3v) is 3.79. The van der Waals surface area contributed by atoms with E-state index in [0.717, 1.165) is 37.6 Å². The van der Waals surface area contributed by atoms with E-state index in [1.807, 2.05) is 0 Å². The molecule has 0 aromatic carbocycles. The van der Waals surface area contributed by atoms with E-state index in [0.29, 0.717) is 17.6 Å². The highest BCUT2D eigenvalue weighted by Crippen LogP contribution is 2.29. The number of carbonyl (C=O) groups excluding carboxylic acids is 1. The van der Waals surface area contributed by atoms with Crippen LogP contribution < -0.4 is 0 Å². The number of hydrogen-bond donors (Lipinski definition) is 0. The van der Waals surface area contributed by atoms with Crippen LogP contribution in [0.3, 0.4) is 0 Å². The van der Waals surface area contributed by atoms with Gasteiger partial charge in [-0.3, -0.25) is 4.79 Å². The van der Waals surface area contributed by atoms with Crippen LogP contribution >= 0.6 is 11.8 Å². The molecule has 2 rings (SSSR count). The zero-order valence-corrected chi connectivity index (χ0v) is 7.94. The first-order valence-electron chi connectivity index (χ1n) is 4.54. The summed E-state index contributed by atoms with van der Waals surface area (Å²) in [4.78, 5) is 11.3. The summed E-state index contributed by atoms with van der Waals surface area (Å²) in [5, 5.41) is 0. The molecule has 2 fully saturated rings. The van der Waals surface area contributed by atoms with Crippen molar-refractivity contribution in [2.45, 2.75) is 12.8 Å². The molecule has 2 atom stereocenters. The first-order chi connectivity index (χ1) is 5.86. The number of Topliss-reactive ketones (excluding diaryl/α,β-unsaturated/α-hetero) is 1. The quantitative estimate of drug-likeness (QED) is 0.651. The van der Waals surface area contributed by atoms with Crippen LogP contribution in [0.2, 0.25) is 0 Å². The molecular weight excluding hydrogens is 172 g/mol. The van der Waals surface area contributed by atoms with Crippen molar-refractivity contribution in [3.63, 3.8) is 0 Å². The van der Waals surface area contributed by atoms with E-state index >= 15 is 0 Å². The largest absolute Gasteiger partial charge is 0.381 e. The number of rotatable bonds is 2. The zero-order valence-electron chi connectivity index (χ0n) is 7.12. The second kappa shape index (κ2) is 3.79. The van der Waals surface area contributed by atoms with Gasteiger partial charge in [-0.05, 0) is 18.8 Å². The Bertz CT molecular complexity index is 175. The second-order valence-electron chi connectivity index (χ2n) is 3.64. The molecule has 12 heavy (non-hydrogen) atoms. The van der Waals surface area contributed by atoms with E-state index in [4.69, 9.17) is 4.74 Å². The fourth-order valence-electron chi connectivity index (χ4n) is 1.88. The Morgan fingerprint density at radius 3 is 3.08 bits per heavy atom. The molecule has 0 aliphatic carbocycles. The lowest BCUT2D eigenvalue weighted by atomic mass is 9.93. The number of ketones is 1. The van der Waals surface area contributed by atoms with Crippen molar-refractivity contribution in [1.82, 2.24) is 0 Å². The lowest BCUT2D eigenvalue weighted by Gasteiger charge is -2.11. The molecule has 0 saturated carbocycles. The molecule has 0 radical (unpaired) electrons. The molecule has 3 heteroatoms. The van der Waals surface area contributed by atoms with Gasteiger partial charge in [0.1, 0.15) is 5.78 Å². The van der Waals surface area contributed by atoms with E-state index in [2.05, 4.69) is 0 Å². The maximum atomic E-state index is 11.3. The first kappa shape index (κ1) is 8.57. The van der Waals surface area contributed by atoms with Gasteiger partial charge in [0.05, 0.1) is 5.75 Å². The van der Waals surface area contributed by atoms with Crippen LogP contribution in [-0.2, 0) is 9.53 Å². The van der Waals surface area contributed by atoms with Crippen LogP contribution in [0.5, 0.6) is 0 Å². The minimum Gasteiger partial charge on any atom is -0.381 e. The Kier molecular flexibility index (Phi) is 2.71. The molecule has 0 amide bonds. The topological polar surface area (TPSA) is 26.3 Å². The summed E-state index contributed by atoms with van der Waals surface area (Å²) in [5.74, 6) is 3.28. The van der Waals surface area contributed by atoms with Gasteiger partial charge in [-0.25, -0.2) is 0 Å². The van der Waals surface area contributed by atoms with Crippen LogP contribution in [0.15, 0.2) is 0 Å². The number of hydrogen-bond acceptors (Lipinski definition) is 3. The molecule has 0 aromatic heterocycles. The van der Waals surface area contributed by atoms with Gasteiger partial charge < -0.3 is 4.74 Å². The van der Waals surface area contributed by atoms with Crippen molar-refractivity contribution in [3.8, 4) is 0 Å². The summed E-state index contributed by atoms with van der Waals surface area (Å²) in [7, 11) is 0. The van der Waals surface area contributed by atoms with Crippen LogP contribution in [0.25, 0.3) is 0 Å². The second-order valence-corrected chi connectivity index (χ2v) is 4.67. The fourth-order valence-corrected chi connectivity index (χ4v) is 3.04. The minimum atomic E-state index is 0.349. The molecule has 0 spiro atoms. The normalized spacial score (nSPS) is 36.2. The first-order valence-corrected chi connectivity index (χ1v) is 5.70. The molecular formula is C9H14O2S. The third-order valence-electron chi connectivity index (χ3n) is 2.66. The maximum Gasteiger partial charge on any atom is 0.146 e. The van der Waals surface area contributed by atoms with Crippen LogP contribution in [-0.4, -0.2) is 30.5 Å². The Balaban J connectivity index is 1.81. The van der Waals surface area contributed by atoms with Crippen molar-refractivity contribution in [1.29, 1.82) is 0 Å². The van der Waals surface area contributed by atoms with Gasteiger partial charge in [-0.15, -0.1) is 0 Å². The van der Waals surface area contributed by atoms with Crippen LogP contribution in [0, 0.1) is 11.8 Å². The molecule has 0 aromatic rings. The van der Waals surface area contributed by atoms with Gasteiger partial charge in [0.25, 0.3) is 0 Å². The highest BCUT2D eigenvalue weighted by atomic mass is 32.2. The van der Waals surface area contributed by atoms with E-state index < -0.39 is 0 Å². The molecule has 2 unspecified atom stereocenters. The average Bonchev–Trinajstić information content (AvgIpc) is 2.65. The van der Waals surface area contributed by atoms with Crippen molar-refractivity contribution in [3.05, 3.63) is 0 Å². The van der Waals surface area contributed by atoms with E-state index in [-0.39, 0.29) is 0 Å². The SMILES string of the molecule is O=C1CSCC1CC1CCOC1. The number of ether oxygens (including phenoxy) is 1. The monoisotopic (exact) mass is 186 g/mol. The van der Waals surface area contributed by atoms with Crippen molar-refractivity contribution >= 4 is 17.5 Å². The summed E-state index contributed by atoms with van der Waals surface area (Å²) in [6.07, 6.45) is 2.24. The molecule has 2 saturated heterocycles. The van der Waals surface area contributed by atoms with E-state index in [9.17, 15) is 4.79 Å². The molecule has 0 N–H and O–H groups in total. The summed E-state index contributed by atoms with van der Waals surface area (Å²) < 4.78 is 5.28. The Morgan fingerprint density at radius 1 is 1.58 bits per heavy atom. The molecule has 2 nitrogen and oxygen atoms in total. The molecule has 0 bridgehead atoms. The fraction of sp³-hybridized carbons (Fsp3) is 0.889. The van der Waals surface area contributed by atoms with Gasteiger partial charge in [-0.2, -0.15) is 11.8 Å². The van der Waals surface area contributed by atoms with Crippen LogP contribution in [0.1, 0.15) is 12.8 Å². The Labute approximate surface area is 77.0 Å². The highest BCUT2D eigenvalue weighted by Gasteiger charge is 2.29. The van der Waals surface area contributed by atoms with Crippen LogP contribution in [0.4, 0.5) is 0 Å². The minimum absolute atomic E-state index is 0.349. The number of carbonyl (C=O) groups is 1. The Hall–Kier alpha value is -0.0200. The smallest absolute Gasteiger partial charge is 0.146 e. The third kappa shape index (κ3) is 1.83. The average molecular weight is 186 g/mol. The van der Waals surface area contributed by atoms with Gasteiger partial charge in [0, 0.05) is 24.9 Å². The van der Waals surface area contributed by atoms with Gasteiger partial charge in [0.2, 0.25) is 0 Å². The van der Waals surface area contributed by atoms with Gasteiger partial charge >= 0.3 is 0 Å². The van der Waals surface area contributed by atoms with Gasteiger partial charge in [0.15, 0.2) is 0 Å². The Morgan fingerprint density at radius 2 is 2.50 bits per heavy atom. The molecule has 68 valence electrons. The summed E-state index contributed by atoms with van der Waals surface area (Å²) in [5.41, 5.74) is 0. The standard InChI is InChI=1S/C9H14O2S/c10-9-6-12-5-8(9)3-7-1-2-11-4-7/h7-8H,1-6H2. The molecule has 2 aliphatic rings. The predicted molar refractivity (Wildman–Crippen MR) is 49.4 cm³/mol. The lowest BCUT2D eigenvalue weighted by Crippen LogP contribution is -2.16. The number of thioether (sulfide) groups is 1. The maximum absolute atomic E-state index is 11.3. The van der Waals surface area contributed by atoms with E-state index in [1.165, 1.54) is 0 Å². The molecule has 2 heterocycles. The summed E-state index contributed by atoms with van der Waals surface area (Å²) in [6.45, 7) is 1.78. The van der Waals surface area contributed by atoms with E-state index in [1.54, 1.807) is 11.8 Å². The zero-order chi connectivity index (χ0) is 8.39. The van der Waals surface area contributed by atoms with Crippen molar-refractivity contribution in [2.24, 2.45) is 11.8 Å². The van der Waals surface area contributed by atoms with Gasteiger partial charge in [-0.1, -0.05) is 0 Å².